The van der Waals surface area contributed by atoms with Crippen LogP contribution in [-0.4, -0.2) is 10.2 Å². The summed E-state index contributed by atoms with van der Waals surface area (Å²) in [4.78, 5) is 0. The van der Waals surface area contributed by atoms with Crippen molar-refractivity contribution < 1.29 is 4.42 Å². The Morgan fingerprint density at radius 2 is 2.07 bits per heavy atom. The van der Waals surface area contributed by atoms with Gasteiger partial charge < -0.3 is 10.2 Å². The van der Waals surface area contributed by atoms with Crippen molar-refractivity contribution in [3.05, 3.63) is 11.8 Å². The molecule has 2 fully saturated rings. The zero-order valence-corrected chi connectivity index (χ0v) is 8.31. The third-order valence-electron chi connectivity index (χ3n) is 3.54. The van der Waals surface area contributed by atoms with Crippen LogP contribution in [0.2, 0.25) is 0 Å². The van der Waals surface area contributed by atoms with E-state index in [-0.39, 0.29) is 6.04 Å². The lowest BCUT2D eigenvalue weighted by molar-refractivity contribution is 0.414. The molecule has 0 aliphatic heterocycles. The maximum atomic E-state index is 5.67. The number of nitrogens with zero attached hydrogens (tertiary/aromatic N) is 2. The van der Waals surface area contributed by atoms with Gasteiger partial charge in [0, 0.05) is 5.92 Å². The van der Waals surface area contributed by atoms with Gasteiger partial charge in [0.25, 0.3) is 0 Å². The largest absolute Gasteiger partial charge is 0.423 e. The molecule has 2 saturated carbocycles. The van der Waals surface area contributed by atoms with Gasteiger partial charge in [0.1, 0.15) is 0 Å². The Hall–Kier alpha value is -0.900. The molecule has 4 nitrogen and oxygen atoms in total. The molecule has 14 heavy (non-hydrogen) atoms. The van der Waals surface area contributed by atoms with Gasteiger partial charge >= 0.3 is 0 Å². The van der Waals surface area contributed by atoms with E-state index < -0.39 is 0 Å². The SMILES string of the molecule is CC(N)c1nnc(C2C3CCCC32)o1. The van der Waals surface area contributed by atoms with Crippen LogP contribution in [0.1, 0.15) is 49.9 Å². The molecule has 1 aromatic rings. The van der Waals surface area contributed by atoms with Crippen molar-refractivity contribution in [1.82, 2.24) is 10.2 Å². The summed E-state index contributed by atoms with van der Waals surface area (Å²) >= 11 is 0. The average molecular weight is 193 g/mol. The Labute approximate surface area is 82.9 Å². The lowest BCUT2D eigenvalue weighted by Gasteiger charge is -1.97. The fourth-order valence-corrected chi connectivity index (χ4v) is 2.75. The van der Waals surface area contributed by atoms with Gasteiger partial charge in [-0.1, -0.05) is 6.42 Å². The van der Waals surface area contributed by atoms with Gasteiger partial charge in [0.2, 0.25) is 11.8 Å². The van der Waals surface area contributed by atoms with Crippen molar-refractivity contribution in [3.8, 4) is 0 Å². The summed E-state index contributed by atoms with van der Waals surface area (Å²) in [6, 6.07) is -0.144. The van der Waals surface area contributed by atoms with Gasteiger partial charge in [-0.15, -0.1) is 10.2 Å². The molecule has 4 heteroatoms. The zero-order chi connectivity index (χ0) is 9.71. The average Bonchev–Trinajstić information content (AvgIpc) is 2.63. The van der Waals surface area contributed by atoms with E-state index in [1.54, 1.807) is 0 Å². The van der Waals surface area contributed by atoms with E-state index in [9.17, 15) is 0 Å². The highest BCUT2D eigenvalue weighted by molar-refractivity contribution is 5.15. The van der Waals surface area contributed by atoms with Crippen LogP contribution in [0.3, 0.4) is 0 Å². The molecule has 3 unspecified atom stereocenters. The van der Waals surface area contributed by atoms with Gasteiger partial charge in [0.15, 0.2) is 0 Å². The van der Waals surface area contributed by atoms with Crippen molar-refractivity contribution in [2.45, 2.75) is 38.1 Å². The van der Waals surface area contributed by atoms with Crippen molar-refractivity contribution in [2.75, 3.05) is 0 Å². The highest BCUT2D eigenvalue weighted by Gasteiger charge is 2.56. The molecular weight excluding hydrogens is 178 g/mol. The summed E-state index contributed by atoms with van der Waals surface area (Å²) in [5.74, 6) is 3.62. The number of hydrogen-bond acceptors (Lipinski definition) is 4. The molecule has 0 bridgehead atoms. The van der Waals surface area contributed by atoms with E-state index in [1.165, 1.54) is 19.3 Å². The van der Waals surface area contributed by atoms with Crippen LogP contribution in [-0.2, 0) is 0 Å². The Bertz CT molecular complexity index is 337. The van der Waals surface area contributed by atoms with Gasteiger partial charge in [-0.25, -0.2) is 0 Å². The minimum absolute atomic E-state index is 0.144. The Balaban J connectivity index is 1.78. The molecular formula is C10H15N3O. The van der Waals surface area contributed by atoms with Gasteiger partial charge in [-0.05, 0) is 31.6 Å². The van der Waals surface area contributed by atoms with E-state index >= 15 is 0 Å². The van der Waals surface area contributed by atoms with Gasteiger partial charge in [-0.2, -0.15) is 0 Å². The van der Waals surface area contributed by atoms with E-state index in [2.05, 4.69) is 10.2 Å². The molecule has 3 atom stereocenters. The molecule has 76 valence electrons. The predicted molar refractivity (Wildman–Crippen MR) is 50.5 cm³/mol. The predicted octanol–water partition coefficient (Wildman–Crippen LogP) is 1.60. The van der Waals surface area contributed by atoms with Crippen LogP contribution in [0.4, 0.5) is 0 Å². The summed E-state index contributed by atoms with van der Waals surface area (Å²) in [6.07, 6.45) is 4.05. The van der Waals surface area contributed by atoms with Crippen molar-refractivity contribution in [1.29, 1.82) is 0 Å². The first-order valence-corrected chi connectivity index (χ1v) is 5.36. The first-order valence-electron chi connectivity index (χ1n) is 5.36. The number of rotatable bonds is 2. The van der Waals surface area contributed by atoms with E-state index in [1.807, 2.05) is 6.92 Å². The Kier molecular flexibility index (Phi) is 1.68. The minimum Gasteiger partial charge on any atom is -0.423 e. The number of nitrogens with two attached hydrogens (primary N) is 1. The summed E-state index contributed by atoms with van der Waals surface area (Å²) < 4.78 is 5.56. The molecule has 2 aliphatic rings. The topological polar surface area (TPSA) is 64.9 Å². The van der Waals surface area contributed by atoms with Crippen LogP contribution in [0.25, 0.3) is 0 Å². The normalized spacial score (nSPS) is 36.9. The lowest BCUT2D eigenvalue weighted by atomic mass is 10.1. The van der Waals surface area contributed by atoms with Crippen molar-refractivity contribution >= 4 is 0 Å². The lowest BCUT2D eigenvalue weighted by Crippen LogP contribution is -2.04. The van der Waals surface area contributed by atoms with Crippen LogP contribution in [0.5, 0.6) is 0 Å². The summed E-state index contributed by atoms with van der Waals surface area (Å²) in [7, 11) is 0. The molecule has 1 aromatic heterocycles. The fraction of sp³-hybridized carbons (Fsp3) is 0.800. The highest BCUT2D eigenvalue weighted by atomic mass is 16.4. The smallest absolute Gasteiger partial charge is 0.232 e. The fourth-order valence-electron chi connectivity index (χ4n) is 2.75. The standard InChI is InChI=1S/C10H15N3O/c1-5(11)9-12-13-10(14-9)8-6-3-2-4-7(6)8/h5-8H,2-4,11H2,1H3. The number of aromatic nitrogens is 2. The highest BCUT2D eigenvalue weighted by Crippen LogP contribution is 2.62. The van der Waals surface area contributed by atoms with Crippen LogP contribution in [0.15, 0.2) is 4.42 Å². The summed E-state index contributed by atoms with van der Waals surface area (Å²) in [5.41, 5.74) is 5.67. The van der Waals surface area contributed by atoms with E-state index in [4.69, 9.17) is 10.2 Å². The van der Waals surface area contributed by atoms with E-state index in [0.717, 1.165) is 17.7 Å². The molecule has 0 amide bonds. The van der Waals surface area contributed by atoms with E-state index in [0.29, 0.717) is 11.8 Å². The Morgan fingerprint density at radius 1 is 1.36 bits per heavy atom. The first kappa shape index (κ1) is 8.41. The maximum Gasteiger partial charge on any atom is 0.232 e. The van der Waals surface area contributed by atoms with Gasteiger partial charge in [-0.3, -0.25) is 0 Å². The minimum atomic E-state index is -0.144. The first-order chi connectivity index (χ1) is 6.77. The monoisotopic (exact) mass is 193 g/mol. The zero-order valence-electron chi connectivity index (χ0n) is 8.31. The second kappa shape index (κ2) is 2.79. The summed E-state index contributed by atoms with van der Waals surface area (Å²) in [6.45, 7) is 1.87. The molecule has 2 aliphatic carbocycles. The molecule has 0 spiro atoms. The molecule has 2 N–H and O–H groups in total. The molecule has 1 heterocycles. The van der Waals surface area contributed by atoms with Crippen LogP contribution >= 0.6 is 0 Å². The number of fused-ring (bicyclic) bond motifs is 1. The van der Waals surface area contributed by atoms with Crippen LogP contribution < -0.4 is 5.73 Å². The summed E-state index contributed by atoms with van der Waals surface area (Å²) in [5, 5.41) is 8.05. The third-order valence-corrected chi connectivity index (χ3v) is 3.54. The second-order valence-electron chi connectivity index (χ2n) is 4.55. The quantitative estimate of drug-likeness (QED) is 0.774. The Morgan fingerprint density at radius 3 is 2.64 bits per heavy atom. The molecule has 0 saturated heterocycles. The number of hydrogen-bond donors (Lipinski definition) is 1. The molecule has 0 radical (unpaired) electrons. The van der Waals surface area contributed by atoms with Gasteiger partial charge in [0.05, 0.1) is 6.04 Å². The molecule has 3 rings (SSSR count). The second-order valence-corrected chi connectivity index (χ2v) is 4.55. The third kappa shape index (κ3) is 1.10. The maximum absolute atomic E-state index is 5.67. The van der Waals surface area contributed by atoms with Crippen molar-refractivity contribution in [3.63, 3.8) is 0 Å². The molecule has 0 aromatic carbocycles. The van der Waals surface area contributed by atoms with Crippen LogP contribution in [0, 0.1) is 11.8 Å². The van der Waals surface area contributed by atoms with Crippen molar-refractivity contribution in [2.24, 2.45) is 17.6 Å².